The summed E-state index contributed by atoms with van der Waals surface area (Å²) in [5.74, 6) is 1.16. The van der Waals surface area contributed by atoms with Gasteiger partial charge in [-0.2, -0.15) is 5.10 Å². The number of benzene rings is 1. The maximum Gasteiger partial charge on any atom is 0.267 e. The fourth-order valence-electron chi connectivity index (χ4n) is 3.34. The molecule has 0 amide bonds. The Morgan fingerprint density at radius 3 is 2.92 bits per heavy atom. The van der Waals surface area contributed by atoms with E-state index in [4.69, 9.17) is 21.1 Å². The van der Waals surface area contributed by atoms with Gasteiger partial charge in [0, 0.05) is 18.5 Å². The van der Waals surface area contributed by atoms with E-state index in [1.165, 1.54) is 0 Å². The molecular weight excluding hydrogens is 354 g/mol. The maximum atomic E-state index is 12.3. The zero-order valence-corrected chi connectivity index (χ0v) is 15.4. The molecule has 2 aromatic rings. The number of nitrogens with one attached hydrogen (secondary N) is 1. The molecule has 1 saturated carbocycles. The van der Waals surface area contributed by atoms with Gasteiger partial charge in [-0.3, -0.25) is 4.79 Å². The highest BCUT2D eigenvalue weighted by Gasteiger charge is 2.32. The van der Waals surface area contributed by atoms with Gasteiger partial charge in [0.1, 0.15) is 5.75 Å². The number of hydrogen-bond donors (Lipinski definition) is 1. The van der Waals surface area contributed by atoms with Gasteiger partial charge in [0.2, 0.25) is 0 Å². The summed E-state index contributed by atoms with van der Waals surface area (Å²) in [4.78, 5) is 12.3. The van der Waals surface area contributed by atoms with Gasteiger partial charge in [-0.15, -0.1) is 0 Å². The number of halogens is 1. The first-order chi connectivity index (χ1) is 12.7. The first kappa shape index (κ1) is 17.5. The lowest BCUT2D eigenvalue weighted by molar-refractivity contribution is 0.180. The summed E-state index contributed by atoms with van der Waals surface area (Å²) in [5, 5.41) is 8.67. The highest BCUT2D eigenvalue weighted by atomic mass is 35.5. The molecule has 2 unspecified atom stereocenters. The van der Waals surface area contributed by atoms with E-state index in [9.17, 15) is 4.79 Å². The molecule has 1 N–H and O–H groups in total. The van der Waals surface area contributed by atoms with Crippen molar-refractivity contribution in [1.29, 1.82) is 0 Å². The fraction of sp³-hybridized carbons (Fsp3) is 0.474. The summed E-state index contributed by atoms with van der Waals surface area (Å²) < 4.78 is 12.5. The van der Waals surface area contributed by atoms with Crippen LogP contribution >= 0.6 is 11.6 Å². The lowest BCUT2D eigenvalue weighted by atomic mass is 10.1. The van der Waals surface area contributed by atoms with Gasteiger partial charge < -0.3 is 14.8 Å². The van der Waals surface area contributed by atoms with E-state index in [1.54, 1.807) is 17.9 Å². The molecule has 1 saturated heterocycles. The summed E-state index contributed by atoms with van der Waals surface area (Å²) in [6.45, 7) is 1.58. The predicted octanol–water partition coefficient (Wildman–Crippen LogP) is 2.51. The van der Waals surface area contributed by atoms with Gasteiger partial charge >= 0.3 is 0 Å². The van der Waals surface area contributed by atoms with Crippen molar-refractivity contribution in [2.24, 2.45) is 0 Å². The van der Waals surface area contributed by atoms with Crippen molar-refractivity contribution in [3.8, 4) is 5.75 Å². The number of rotatable bonds is 6. The van der Waals surface area contributed by atoms with Gasteiger partial charge in [0.05, 0.1) is 43.1 Å². The molecule has 1 aromatic carbocycles. The first-order valence-corrected chi connectivity index (χ1v) is 9.27. The van der Waals surface area contributed by atoms with Crippen molar-refractivity contribution >= 4 is 11.6 Å². The molecule has 0 radical (unpaired) electrons. The van der Waals surface area contributed by atoms with Crippen molar-refractivity contribution in [1.82, 2.24) is 15.1 Å². The van der Waals surface area contributed by atoms with Crippen LogP contribution in [0.5, 0.6) is 5.75 Å². The van der Waals surface area contributed by atoms with E-state index >= 15 is 0 Å². The Balaban J connectivity index is 1.51. The summed E-state index contributed by atoms with van der Waals surface area (Å²) in [5.41, 5.74) is 1.87. The maximum absolute atomic E-state index is 12.3. The number of hydrogen-bond acceptors (Lipinski definition) is 5. The molecule has 1 aliphatic heterocycles. The van der Waals surface area contributed by atoms with E-state index in [-0.39, 0.29) is 17.6 Å². The Bertz CT molecular complexity index is 850. The second-order valence-corrected chi connectivity index (χ2v) is 7.22. The number of nitrogens with zero attached hydrogens (tertiary/aromatic N) is 2. The van der Waals surface area contributed by atoms with Crippen molar-refractivity contribution < 1.29 is 9.47 Å². The second kappa shape index (κ2) is 7.39. The SMILES string of the molecule is COc1cccc(CNC2COCC2n2nc(C3CC3)ccc2=O)c1Cl. The van der Waals surface area contributed by atoms with Gasteiger partial charge in [-0.1, -0.05) is 23.7 Å². The molecule has 7 heteroatoms. The Labute approximate surface area is 157 Å². The zero-order valence-electron chi connectivity index (χ0n) is 14.7. The average molecular weight is 376 g/mol. The highest BCUT2D eigenvalue weighted by molar-refractivity contribution is 6.32. The number of ether oxygens (including phenoxy) is 2. The topological polar surface area (TPSA) is 65.4 Å². The van der Waals surface area contributed by atoms with E-state index in [1.807, 2.05) is 24.3 Å². The standard InChI is InChI=1S/C19H22ClN3O3/c1-25-17-4-2-3-13(19(17)20)9-21-15-10-26-11-16(15)23-18(24)8-7-14(22-23)12-5-6-12/h2-4,7-8,12,15-16,21H,5-6,9-11H2,1H3. The molecule has 2 heterocycles. The van der Waals surface area contributed by atoms with Crippen LogP contribution in [0.4, 0.5) is 0 Å². The van der Waals surface area contributed by atoms with Crippen molar-refractivity contribution in [2.45, 2.75) is 37.4 Å². The molecule has 4 rings (SSSR count). The molecule has 138 valence electrons. The molecular formula is C19H22ClN3O3. The highest BCUT2D eigenvalue weighted by Crippen LogP contribution is 2.38. The van der Waals surface area contributed by atoms with Gasteiger partial charge in [-0.05, 0) is 30.5 Å². The van der Waals surface area contributed by atoms with Gasteiger partial charge in [-0.25, -0.2) is 4.68 Å². The van der Waals surface area contributed by atoms with Gasteiger partial charge in [0.15, 0.2) is 0 Å². The van der Waals surface area contributed by atoms with E-state index in [2.05, 4.69) is 10.4 Å². The minimum Gasteiger partial charge on any atom is -0.495 e. The number of methoxy groups -OCH3 is 1. The van der Waals surface area contributed by atoms with E-state index < -0.39 is 0 Å². The molecule has 6 nitrogen and oxygen atoms in total. The third-order valence-corrected chi connectivity index (χ3v) is 5.45. The van der Waals surface area contributed by atoms with Crippen molar-refractivity contribution in [3.63, 3.8) is 0 Å². The summed E-state index contributed by atoms with van der Waals surface area (Å²) in [6, 6.07) is 9.05. The Morgan fingerprint density at radius 2 is 2.15 bits per heavy atom. The minimum atomic E-state index is -0.120. The van der Waals surface area contributed by atoms with Crippen LogP contribution in [-0.2, 0) is 11.3 Å². The van der Waals surface area contributed by atoms with Crippen LogP contribution in [0.25, 0.3) is 0 Å². The lowest BCUT2D eigenvalue weighted by Crippen LogP contribution is -2.41. The molecule has 0 spiro atoms. The summed E-state index contributed by atoms with van der Waals surface area (Å²) >= 11 is 6.37. The molecule has 1 aromatic heterocycles. The fourth-order valence-corrected chi connectivity index (χ4v) is 3.61. The summed E-state index contributed by atoms with van der Waals surface area (Å²) in [6.07, 6.45) is 2.31. The predicted molar refractivity (Wildman–Crippen MR) is 99.0 cm³/mol. The van der Waals surface area contributed by atoms with E-state index in [0.717, 1.165) is 24.1 Å². The molecule has 2 fully saturated rings. The lowest BCUT2D eigenvalue weighted by Gasteiger charge is -2.21. The second-order valence-electron chi connectivity index (χ2n) is 6.84. The van der Waals surface area contributed by atoms with E-state index in [0.29, 0.717) is 36.4 Å². The Kier molecular flexibility index (Phi) is 4.98. The molecule has 26 heavy (non-hydrogen) atoms. The third kappa shape index (κ3) is 3.49. The Morgan fingerprint density at radius 1 is 1.31 bits per heavy atom. The zero-order chi connectivity index (χ0) is 18.1. The quantitative estimate of drug-likeness (QED) is 0.840. The number of aromatic nitrogens is 2. The molecule has 2 aliphatic rings. The molecule has 2 atom stereocenters. The summed E-state index contributed by atoms with van der Waals surface area (Å²) in [7, 11) is 1.60. The molecule has 1 aliphatic carbocycles. The van der Waals surface area contributed by atoms with Gasteiger partial charge in [0.25, 0.3) is 5.56 Å². The van der Waals surface area contributed by atoms with Crippen LogP contribution in [0.3, 0.4) is 0 Å². The largest absolute Gasteiger partial charge is 0.495 e. The van der Waals surface area contributed by atoms with Crippen LogP contribution in [-0.4, -0.2) is 36.1 Å². The average Bonchev–Trinajstić information content (AvgIpc) is 3.40. The molecule has 0 bridgehead atoms. The minimum absolute atomic E-state index is 0.00285. The Hall–Kier alpha value is -1.89. The van der Waals surface area contributed by atoms with Crippen LogP contribution in [0.1, 0.15) is 36.1 Å². The van der Waals surface area contributed by atoms with Crippen LogP contribution in [0.2, 0.25) is 5.02 Å². The normalized spacial score (nSPS) is 22.5. The van der Waals surface area contributed by atoms with Crippen LogP contribution in [0.15, 0.2) is 35.1 Å². The van der Waals surface area contributed by atoms with Crippen molar-refractivity contribution in [3.05, 3.63) is 57.0 Å². The van der Waals surface area contributed by atoms with Crippen LogP contribution in [0, 0.1) is 0 Å². The van der Waals surface area contributed by atoms with Crippen LogP contribution < -0.4 is 15.6 Å². The third-order valence-electron chi connectivity index (χ3n) is 5.02. The smallest absolute Gasteiger partial charge is 0.267 e. The first-order valence-electron chi connectivity index (χ1n) is 8.89. The van der Waals surface area contributed by atoms with Crippen molar-refractivity contribution in [2.75, 3.05) is 20.3 Å². The monoisotopic (exact) mass is 375 g/mol.